The molecule has 4 rings (SSSR count). The van der Waals surface area contributed by atoms with E-state index in [0.29, 0.717) is 24.5 Å². The fraction of sp³-hybridized carbons (Fsp3) is 0.412. The van der Waals surface area contributed by atoms with Crippen LogP contribution in [0.3, 0.4) is 0 Å². The van der Waals surface area contributed by atoms with Crippen LogP contribution in [0.2, 0.25) is 0 Å². The van der Waals surface area contributed by atoms with E-state index >= 15 is 4.39 Å². The number of anilines is 1. The number of benzene rings is 1. The normalized spacial score (nSPS) is 15.4. The van der Waals surface area contributed by atoms with Crippen molar-refractivity contribution in [3.63, 3.8) is 0 Å². The number of hydrogen-bond donors (Lipinski definition) is 1. The summed E-state index contributed by atoms with van der Waals surface area (Å²) >= 11 is 1.000. The second-order valence-electron chi connectivity index (χ2n) is 6.25. The maximum Gasteiger partial charge on any atom is 0.271 e. The van der Waals surface area contributed by atoms with Crippen LogP contribution >= 0.6 is 11.5 Å². The van der Waals surface area contributed by atoms with E-state index in [0.717, 1.165) is 36.9 Å². The van der Waals surface area contributed by atoms with Crippen LogP contribution in [0.15, 0.2) is 15.7 Å². The van der Waals surface area contributed by atoms with Crippen molar-refractivity contribution in [1.82, 2.24) is 8.94 Å². The van der Waals surface area contributed by atoms with Crippen molar-refractivity contribution in [3.8, 4) is 0 Å². The first-order valence-corrected chi connectivity index (χ1v) is 9.16. The lowest BCUT2D eigenvalue weighted by Gasteiger charge is -2.30. The Morgan fingerprint density at radius 1 is 1.20 bits per heavy atom. The number of halogens is 2. The van der Waals surface area contributed by atoms with E-state index in [2.05, 4.69) is 4.37 Å². The van der Waals surface area contributed by atoms with Crippen LogP contribution in [0.25, 0.3) is 21.1 Å². The zero-order chi connectivity index (χ0) is 17.7. The Balaban J connectivity index is 2.14. The molecule has 5 nitrogen and oxygen atoms in total. The van der Waals surface area contributed by atoms with Crippen LogP contribution in [-0.4, -0.2) is 22.0 Å². The van der Waals surface area contributed by atoms with Gasteiger partial charge in [0.05, 0.1) is 10.9 Å². The Kier molecular flexibility index (Phi) is 3.87. The molecule has 0 unspecified atom stereocenters. The van der Waals surface area contributed by atoms with Crippen molar-refractivity contribution in [2.45, 2.75) is 32.7 Å². The molecule has 3 heterocycles. The summed E-state index contributed by atoms with van der Waals surface area (Å²) in [5.41, 5.74) is -1.15. The molecule has 2 aromatic heterocycles. The van der Waals surface area contributed by atoms with Gasteiger partial charge in [-0.25, -0.2) is 8.78 Å². The summed E-state index contributed by atoms with van der Waals surface area (Å²) in [6.07, 6.45) is 2.82. The summed E-state index contributed by atoms with van der Waals surface area (Å²) < 4.78 is 34.1. The van der Waals surface area contributed by atoms with Crippen molar-refractivity contribution < 1.29 is 8.78 Å². The van der Waals surface area contributed by atoms with E-state index in [9.17, 15) is 14.0 Å². The number of hydrogen-bond acceptors (Lipinski definition) is 4. The molecule has 0 aliphatic carbocycles. The summed E-state index contributed by atoms with van der Waals surface area (Å²) in [6.45, 7) is 3.35. The van der Waals surface area contributed by atoms with Gasteiger partial charge >= 0.3 is 0 Å². The number of piperidine rings is 1. The number of pyridine rings is 1. The lowest BCUT2D eigenvalue weighted by Crippen LogP contribution is -2.31. The molecule has 25 heavy (non-hydrogen) atoms. The third-order valence-corrected chi connectivity index (χ3v) is 5.73. The number of nitrogens with zero attached hydrogens (tertiary/aromatic N) is 2. The highest BCUT2D eigenvalue weighted by Gasteiger charge is 2.26. The minimum absolute atomic E-state index is 0.0381. The summed E-state index contributed by atoms with van der Waals surface area (Å²) in [6, 6.07) is 1.08. The number of aromatic amines is 1. The van der Waals surface area contributed by atoms with Crippen molar-refractivity contribution in [3.05, 3.63) is 38.3 Å². The first kappa shape index (κ1) is 16.3. The standard InChI is InChI=1S/C17H17F2N3O2S/c1-2-22-13-9(15(23)11-16(24)20-25-17(11)22)8-10(18)14(12(13)19)21-6-4-3-5-7-21/h8H,2-7H2,1H3,(H,20,24). The molecule has 0 atom stereocenters. The summed E-state index contributed by atoms with van der Waals surface area (Å²) in [7, 11) is 0. The molecule has 0 amide bonds. The average molecular weight is 365 g/mol. The van der Waals surface area contributed by atoms with Gasteiger partial charge in [-0.05, 0) is 43.8 Å². The summed E-state index contributed by atoms with van der Waals surface area (Å²) in [5.74, 6) is -1.48. The van der Waals surface area contributed by atoms with Crippen molar-refractivity contribution >= 4 is 38.3 Å². The van der Waals surface area contributed by atoms with Crippen LogP contribution in [0, 0.1) is 11.6 Å². The van der Waals surface area contributed by atoms with E-state index < -0.39 is 22.6 Å². The van der Waals surface area contributed by atoms with Gasteiger partial charge in [-0.15, -0.1) is 0 Å². The SMILES string of the molecule is CCn1c2s[nH]c(=O)c2c(=O)c2cc(F)c(N3CCCCC3)c(F)c21. The molecule has 1 aliphatic heterocycles. The highest BCUT2D eigenvalue weighted by Crippen LogP contribution is 2.33. The topological polar surface area (TPSA) is 58.1 Å². The minimum Gasteiger partial charge on any atom is -0.367 e. The van der Waals surface area contributed by atoms with Gasteiger partial charge in [0.1, 0.15) is 21.7 Å². The smallest absolute Gasteiger partial charge is 0.271 e. The maximum absolute atomic E-state index is 15.4. The lowest BCUT2D eigenvalue weighted by molar-refractivity contribution is 0.532. The van der Waals surface area contributed by atoms with Gasteiger partial charge in [-0.3, -0.25) is 14.0 Å². The van der Waals surface area contributed by atoms with Gasteiger partial charge in [0.2, 0.25) is 5.43 Å². The number of H-pyrrole nitrogens is 1. The second kappa shape index (κ2) is 5.94. The molecule has 1 saturated heterocycles. The monoisotopic (exact) mass is 365 g/mol. The number of aryl methyl sites for hydroxylation is 1. The van der Waals surface area contributed by atoms with E-state index in [1.807, 2.05) is 0 Å². The molecule has 0 bridgehead atoms. The Labute approximate surface area is 145 Å². The largest absolute Gasteiger partial charge is 0.367 e. The number of rotatable bonds is 2. The molecule has 0 spiro atoms. The van der Waals surface area contributed by atoms with Gasteiger partial charge < -0.3 is 9.47 Å². The van der Waals surface area contributed by atoms with E-state index in [-0.39, 0.29) is 22.0 Å². The number of fused-ring (bicyclic) bond motifs is 2. The van der Waals surface area contributed by atoms with E-state index in [1.165, 1.54) is 0 Å². The molecule has 1 aromatic carbocycles. The molecule has 0 radical (unpaired) electrons. The van der Waals surface area contributed by atoms with Gasteiger partial charge in [0.25, 0.3) is 5.56 Å². The van der Waals surface area contributed by atoms with Crippen LogP contribution in [0.5, 0.6) is 0 Å². The minimum atomic E-state index is -0.752. The van der Waals surface area contributed by atoms with Crippen molar-refractivity contribution in [2.75, 3.05) is 18.0 Å². The maximum atomic E-state index is 15.4. The lowest BCUT2D eigenvalue weighted by atomic mass is 10.1. The van der Waals surface area contributed by atoms with Gasteiger partial charge in [-0.2, -0.15) is 0 Å². The Bertz CT molecular complexity index is 1090. The molecule has 132 valence electrons. The molecule has 8 heteroatoms. The van der Waals surface area contributed by atoms with Crippen LogP contribution in [-0.2, 0) is 6.54 Å². The van der Waals surface area contributed by atoms with Gasteiger partial charge in [0, 0.05) is 19.6 Å². The zero-order valence-electron chi connectivity index (χ0n) is 13.7. The predicted molar refractivity (Wildman–Crippen MR) is 95.9 cm³/mol. The Morgan fingerprint density at radius 2 is 1.92 bits per heavy atom. The number of aromatic nitrogens is 2. The van der Waals surface area contributed by atoms with Crippen LogP contribution < -0.4 is 15.9 Å². The van der Waals surface area contributed by atoms with Crippen molar-refractivity contribution in [2.24, 2.45) is 0 Å². The fourth-order valence-corrected chi connectivity index (χ4v) is 4.57. The summed E-state index contributed by atoms with van der Waals surface area (Å²) in [4.78, 5) is 26.7. The average Bonchev–Trinajstić information content (AvgIpc) is 2.99. The van der Waals surface area contributed by atoms with Crippen LogP contribution in [0.4, 0.5) is 14.5 Å². The first-order valence-electron chi connectivity index (χ1n) is 8.35. The molecular formula is C17H17F2N3O2S. The molecule has 1 N–H and O–H groups in total. The molecule has 1 aliphatic rings. The third-order valence-electron chi connectivity index (χ3n) is 4.82. The zero-order valence-corrected chi connectivity index (χ0v) is 14.5. The van der Waals surface area contributed by atoms with Gasteiger partial charge in [-0.1, -0.05) is 0 Å². The molecular weight excluding hydrogens is 348 g/mol. The van der Waals surface area contributed by atoms with Crippen molar-refractivity contribution in [1.29, 1.82) is 0 Å². The Morgan fingerprint density at radius 3 is 2.60 bits per heavy atom. The highest BCUT2D eigenvalue weighted by molar-refractivity contribution is 7.12. The first-order chi connectivity index (χ1) is 12.0. The van der Waals surface area contributed by atoms with E-state index in [1.54, 1.807) is 16.4 Å². The summed E-state index contributed by atoms with van der Waals surface area (Å²) in [5, 5.41) is -0.127. The predicted octanol–water partition coefficient (Wildman–Crippen LogP) is 3.19. The Hall–Kier alpha value is -2.22. The fourth-order valence-electron chi connectivity index (χ4n) is 3.67. The third kappa shape index (κ3) is 2.31. The molecule has 0 saturated carbocycles. The molecule has 3 aromatic rings. The van der Waals surface area contributed by atoms with Crippen LogP contribution in [0.1, 0.15) is 26.2 Å². The second-order valence-corrected chi connectivity index (χ2v) is 7.05. The van der Waals surface area contributed by atoms with E-state index in [4.69, 9.17) is 0 Å². The van der Waals surface area contributed by atoms with Gasteiger partial charge in [0.15, 0.2) is 5.82 Å². The quantitative estimate of drug-likeness (QED) is 0.759. The highest BCUT2D eigenvalue weighted by atomic mass is 32.1. The number of nitrogens with one attached hydrogen (secondary N) is 1. The molecule has 1 fully saturated rings.